The molecular formula is C26H37N. The van der Waals surface area contributed by atoms with Crippen molar-refractivity contribution in [2.75, 3.05) is 5.32 Å². The van der Waals surface area contributed by atoms with Crippen molar-refractivity contribution in [1.82, 2.24) is 0 Å². The van der Waals surface area contributed by atoms with E-state index in [9.17, 15) is 0 Å². The van der Waals surface area contributed by atoms with Crippen LogP contribution in [0.15, 0.2) is 54.6 Å². The Labute approximate surface area is 167 Å². The summed E-state index contributed by atoms with van der Waals surface area (Å²) in [7, 11) is 0. The van der Waals surface area contributed by atoms with Gasteiger partial charge in [0.2, 0.25) is 0 Å². The van der Waals surface area contributed by atoms with E-state index >= 15 is 0 Å². The summed E-state index contributed by atoms with van der Waals surface area (Å²) in [5.74, 6) is 0. The number of fused-ring (bicyclic) bond motifs is 1. The van der Waals surface area contributed by atoms with Crippen LogP contribution in [0.3, 0.4) is 0 Å². The standard InChI is InChI=1S/C22H25N.2C2H6/c1-4-6-10-21(19-11-12-22-20(14-19)15-23-22)16(3)18-9-7-8-17(5-2)13-18;2*1-2/h6-14,23H,4-5,15H2,1-3H3;2*1-2H3/b10-6-,21-16-;;. The first-order chi connectivity index (χ1) is 13.2. The van der Waals surface area contributed by atoms with E-state index in [1.807, 2.05) is 27.7 Å². The lowest BCUT2D eigenvalue weighted by molar-refractivity contribution is 1.05. The van der Waals surface area contributed by atoms with E-state index in [1.54, 1.807) is 0 Å². The van der Waals surface area contributed by atoms with Crippen molar-refractivity contribution in [3.63, 3.8) is 0 Å². The van der Waals surface area contributed by atoms with Crippen molar-refractivity contribution in [3.05, 3.63) is 76.9 Å². The number of benzene rings is 2. The van der Waals surface area contributed by atoms with Gasteiger partial charge in [0.15, 0.2) is 0 Å². The molecule has 1 heterocycles. The van der Waals surface area contributed by atoms with E-state index in [1.165, 1.54) is 39.1 Å². The van der Waals surface area contributed by atoms with Gasteiger partial charge in [-0.05, 0) is 65.3 Å². The Hall–Kier alpha value is -2.28. The summed E-state index contributed by atoms with van der Waals surface area (Å²) < 4.78 is 0. The largest absolute Gasteiger partial charge is 0.381 e. The quantitative estimate of drug-likeness (QED) is 0.417. The number of nitrogens with one attached hydrogen (secondary N) is 1. The molecule has 1 heteroatoms. The monoisotopic (exact) mass is 363 g/mol. The van der Waals surface area contributed by atoms with Gasteiger partial charge < -0.3 is 5.32 Å². The van der Waals surface area contributed by atoms with Crippen molar-refractivity contribution < 1.29 is 0 Å². The lowest BCUT2D eigenvalue weighted by Gasteiger charge is -2.23. The molecule has 2 aromatic carbocycles. The van der Waals surface area contributed by atoms with Gasteiger partial charge in [-0.2, -0.15) is 0 Å². The van der Waals surface area contributed by atoms with Gasteiger partial charge in [0, 0.05) is 12.2 Å². The molecule has 146 valence electrons. The van der Waals surface area contributed by atoms with Crippen LogP contribution in [0.2, 0.25) is 0 Å². The summed E-state index contributed by atoms with van der Waals surface area (Å²) >= 11 is 0. The third-order valence-corrected chi connectivity index (χ3v) is 4.58. The summed E-state index contributed by atoms with van der Waals surface area (Å²) in [5, 5.41) is 3.34. The summed E-state index contributed by atoms with van der Waals surface area (Å²) in [5.41, 5.74) is 9.39. The number of rotatable bonds is 5. The fraction of sp³-hybridized carbons (Fsp3) is 0.385. The molecule has 1 nitrogen and oxygen atoms in total. The minimum atomic E-state index is 0.984. The molecular weight excluding hydrogens is 326 g/mol. The van der Waals surface area contributed by atoms with Gasteiger partial charge >= 0.3 is 0 Å². The molecule has 0 aliphatic carbocycles. The average Bonchev–Trinajstić information content (AvgIpc) is 2.72. The Morgan fingerprint density at radius 3 is 2.26 bits per heavy atom. The maximum atomic E-state index is 3.34. The molecule has 27 heavy (non-hydrogen) atoms. The first-order valence-electron chi connectivity index (χ1n) is 10.6. The summed E-state index contributed by atoms with van der Waals surface area (Å²) in [6.45, 7) is 15.6. The summed E-state index contributed by atoms with van der Waals surface area (Å²) in [6.07, 6.45) is 6.66. The Morgan fingerprint density at radius 2 is 1.70 bits per heavy atom. The normalized spacial score (nSPS) is 12.4. The maximum Gasteiger partial charge on any atom is 0.0421 e. The highest BCUT2D eigenvalue weighted by Gasteiger charge is 2.14. The van der Waals surface area contributed by atoms with Gasteiger partial charge in [-0.3, -0.25) is 0 Å². The summed E-state index contributed by atoms with van der Waals surface area (Å²) in [4.78, 5) is 0. The number of anilines is 1. The third-order valence-electron chi connectivity index (χ3n) is 4.58. The first-order valence-corrected chi connectivity index (χ1v) is 10.6. The molecule has 0 amide bonds. The fourth-order valence-corrected chi connectivity index (χ4v) is 3.02. The fourth-order valence-electron chi connectivity index (χ4n) is 3.02. The highest BCUT2D eigenvalue weighted by molar-refractivity contribution is 5.95. The lowest BCUT2D eigenvalue weighted by atomic mass is 9.91. The van der Waals surface area contributed by atoms with Crippen molar-refractivity contribution in [3.8, 4) is 0 Å². The van der Waals surface area contributed by atoms with Crippen LogP contribution in [0.25, 0.3) is 11.1 Å². The SMILES string of the molecule is CC.CC.CC/C=C\C(=C(/C)c1cccc(CC)c1)c1ccc2c(c1)CN2. The average molecular weight is 364 g/mol. The molecule has 0 radical (unpaired) electrons. The van der Waals surface area contributed by atoms with Crippen LogP contribution in [-0.2, 0) is 13.0 Å². The van der Waals surface area contributed by atoms with E-state index in [2.05, 4.69) is 80.7 Å². The van der Waals surface area contributed by atoms with Gasteiger partial charge in [0.25, 0.3) is 0 Å². The number of aryl methyl sites for hydroxylation is 1. The molecule has 0 unspecified atom stereocenters. The molecule has 1 aliphatic heterocycles. The van der Waals surface area contributed by atoms with Gasteiger partial charge in [0.1, 0.15) is 0 Å². The van der Waals surface area contributed by atoms with Gasteiger partial charge in [-0.15, -0.1) is 0 Å². The molecule has 1 aliphatic rings. The van der Waals surface area contributed by atoms with Gasteiger partial charge in [0.05, 0.1) is 0 Å². The molecule has 3 rings (SSSR count). The van der Waals surface area contributed by atoms with Gasteiger partial charge in [-0.25, -0.2) is 0 Å². The van der Waals surface area contributed by atoms with Crippen LogP contribution in [0, 0.1) is 0 Å². The minimum absolute atomic E-state index is 0.984. The van der Waals surface area contributed by atoms with Crippen LogP contribution < -0.4 is 5.32 Å². The number of hydrogen-bond donors (Lipinski definition) is 1. The molecule has 0 saturated heterocycles. The molecule has 2 aromatic rings. The highest BCUT2D eigenvalue weighted by atomic mass is 14.9. The second-order valence-corrected chi connectivity index (χ2v) is 6.13. The predicted molar refractivity (Wildman–Crippen MR) is 124 cm³/mol. The molecule has 0 fully saturated rings. The summed E-state index contributed by atoms with van der Waals surface area (Å²) in [6, 6.07) is 15.7. The Morgan fingerprint density at radius 1 is 0.963 bits per heavy atom. The van der Waals surface area contributed by atoms with Crippen molar-refractivity contribution in [2.24, 2.45) is 0 Å². The Bertz CT molecular complexity index is 766. The van der Waals surface area contributed by atoms with Crippen molar-refractivity contribution in [1.29, 1.82) is 0 Å². The minimum Gasteiger partial charge on any atom is -0.381 e. The van der Waals surface area contributed by atoms with E-state index < -0.39 is 0 Å². The molecule has 0 bridgehead atoms. The van der Waals surface area contributed by atoms with Crippen molar-refractivity contribution >= 4 is 16.8 Å². The van der Waals surface area contributed by atoms with Crippen LogP contribution >= 0.6 is 0 Å². The third kappa shape index (κ3) is 5.85. The molecule has 0 atom stereocenters. The van der Waals surface area contributed by atoms with E-state index in [0.717, 1.165) is 19.4 Å². The van der Waals surface area contributed by atoms with Crippen LogP contribution in [-0.4, -0.2) is 0 Å². The number of hydrogen-bond acceptors (Lipinski definition) is 1. The predicted octanol–water partition coefficient (Wildman–Crippen LogP) is 8.12. The van der Waals surface area contributed by atoms with E-state index in [0.29, 0.717) is 0 Å². The second kappa shape index (κ2) is 12.2. The maximum absolute atomic E-state index is 3.34. The zero-order valence-electron chi connectivity index (χ0n) is 18.3. The molecule has 0 spiro atoms. The smallest absolute Gasteiger partial charge is 0.0421 e. The molecule has 0 aromatic heterocycles. The van der Waals surface area contributed by atoms with E-state index in [-0.39, 0.29) is 0 Å². The van der Waals surface area contributed by atoms with Gasteiger partial charge in [-0.1, -0.05) is 84.0 Å². The van der Waals surface area contributed by atoms with E-state index in [4.69, 9.17) is 0 Å². The Kier molecular flexibility index (Phi) is 10.3. The second-order valence-electron chi connectivity index (χ2n) is 6.13. The topological polar surface area (TPSA) is 12.0 Å². The number of allylic oxidation sites excluding steroid dienone is 4. The highest BCUT2D eigenvalue weighted by Crippen LogP contribution is 2.33. The van der Waals surface area contributed by atoms with Crippen molar-refractivity contribution in [2.45, 2.75) is 67.9 Å². The molecule has 1 N–H and O–H groups in total. The zero-order valence-corrected chi connectivity index (χ0v) is 18.3. The molecule has 0 saturated carbocycles. The first kappa shape index (κ1) is 22.8. The van der Waals surface area contributed by atoms with Crippen LogP contribution in [0.4, 0.5) is 5.69 Å². The van der Waals surface area contributed by atoms with Crippen LogP contribution in [0.1, 0.15) is 77.1 Å². The zero-order chi connectivity index (χ0) is 20.2. The van der Waals surface area contributed by atoms with Crippen LogP contribution in [0.5, 0.6) is 0 Å². The Balaban J connectivity index is 0.000000855. The lowest BCUT2D eigenvalue weighted by Crippen LogP contribution is -2.13.